The minimum atomic E-state index is -0.913. The maximum atomic E-state index is 12.6. The van der Waals surface area contributed by atoms with E-state index >= 15 is 0 Å². The molecule has 0 bridgehead atoms. The lowest BCUT2D eigenvalue weighted by Crippen LogP contribution is -2.36. The smallest absolute Gasteiger partial charge is 0.305 e. The van der Waals surface area contributed by atoms with Gasteiger partial charge in [0, 0.05) is 6.42 Å². The second-order valence-electron chi connectivity index (χ2n) is 7.37. The molecule has 5 heteroatoms. The van der Waals surface area contributed by atoms with E-state index in [0.717, 1.165) is 48.8 Å². The van der Waals surface area contributed by atoms with E-state index in [1.54, 1.807) is 0 Å². The minimum Gasteiger partial charge on any atom is -0.481 e. The zero-order valence-electron chi connectivity index (χ0n) is 15.9. The van der Waals surface area contributed by atoms with E-state index in [2.05, 4.69) is 17.1 Å². The number of carboxylic acid groups (broad SMARTS) is 1. The van der Waals surface area contributed by atoms with Crippen molar-refractivity contribution in [2.75, 3.05) is 19.6 Å². The van der Waals surface area contributed by atoms with Gasteiger partial charge in [-0.15, -0.1) is 0 Å². The van der Waals surface area contributed by atoms with Crippen LogP contribution in [0.5, 0.6) is 0 Å². The van der Waals surface area contributed by atoms with Crippen molar-refractivity contribution in [1.29, 1.82) is 0 Å². The van der Waals surface area contributed by atoms with Crippen molar-refractivity contribution < 1.29 is 14.7 Å². The molecule has 0 spiro atoms. The second kappa shape index (κ2) is 9.00. The number of carbonyl (C=O) groups excluding carboxylic acids is 1. The summed E-state index contributed by atoms with van der Waals surface area (Å²) in [6, 6.07) is 13.2. The van der Waals surface area contributed by atoms with Crippen molar-refractivity contribution in [2.24, 2.45) is 5.92 Å². The molecule has 144 valence electrons. The van der Waals surface area contributed by atoms with Crippen molar-refractivity contribution in [2.45, 2.75) is 38.6 Å². The van der Waals surface area contributed by atoms with Crippen molar-refractivity contribution in [3.63, 3.8) is 0 Å². The number of nitrogens with zero attached hydrogens (tertiary/aromatic N) is 1. The third-order valence-corrected chi connectivity index (χ3v) is 5.54. The van der Waals surface area contributed by atoms with Gasteiger partial charge in [0.05, 0.1) is 12.5 Å². The first-order valence-corrected chi connectivity index (χ1v) is 9.78. The number of carbonyl (C=O) groups is 2. The lowest BCUT2D eigenvalue weighted by molar-refractivity contribution is -0.137. The number of nitrogens with one attached hydrogen (secondary N) is 1. The number of aliphatic carboxylic acids is 1. The van der Waals surface area contributed by atoms with Gasteiger partial charge in [-0.05, 0) is 54.7 Å². The Balaban J connectivity index is 1.71. The highest BCUT2D eigenvalue weighted by Gasteiger charge is 2.24. The van der Waals surface area contributed by atoms with Crippen LogP contribution in [0.15, 0.2) is 42.5 Å². The molecule has 0 aromatic heterocycles. The van der Waals surface area contributed by atoms with Crippen LogP contribution >= 0.6 is 0 Å². The van der Waals surface area contributed by atoms with E-state index in [4.69, 9.17) is 0 Å². The second-order valence-corrected chi connectivity index (χ2v) is 7.37. The summed E-state index contributed by atoms with van der Waals surface area (Å²) in [4.78, 5) is 26.4. The third kappa shape index (κ3) is 5.07. The van der Waals surface area contributed by atoms with Crippen LogP contribution in [0.2, 0.25) is 0 Å². The van der Waals surface area contributed by atoms with Crippen molar-refractivity contribution in [1.82, 2.24) is 10.2 Å². The fourth-order valence-electron chi connectivity index (χ4n) is 3.99. The SMILES string of the molecule is CCN1CCC(CC(=O)NC(CC(=O)O)c2cccc3ccccc23)CC1. The van der Waals surface area contributed by atoms with E-state index in [-0.39, 0.29) is 12.3 Å². The molecule has 1 aliphatic rings. The fraction of sp³-hybridized carbons (Fsp3) is 0.455. The number of carboxylic acids is 1. The summed E-state index contributed by atoms with van der Waals surface area (Å²) in [6.45, 7) is 5.29. The van der Waals surface area contributed by atoms with Crippen LogP contribution in [0.25, 0.3) is 10.8 Å². The molecule has 1 saturated heterocycles. The maximum absolute atomic E-state index is 12.6. The zero-order chi connectivity index (χ0) is 19.2. The topological polar surface area (TPSA) is 69.6 Å². The average molecular weight is 368 g/mol. The average Bonchev–Trinajstić information content (AvgIpc) is 2.67. The largest absolute Gasteiger partial charge is 0.481 e. The van der Waals surface area contributed by atoms with Gasteiger partial charge in [0.15, 0.2) is 0 Å². The molecule has 2 aromatic carbocycles. The number of amides is 1. The Bertz CT molecular complexity index is 792. The van der Waals surface area contributed by atoms with Crippen molar-refractivity contribution in [3.05, 3.63) is 48.0 Å². The van der Waals surface area contributed by atoms with Crippen LogP contribution in [0.1, 0.15) is 44.2 Å². The molecule has 3 rings (SSSR count). The van der Waals surface area contributed by atoms with Gasteiger partial charge in [-0.2, -0.15) is 0 Å². The molecule has 0 radical (unpaired) electrons. The number of benzene rings is 2. The van der Waals surface area contributed by atoms with Gasteiger partial charge >= 0.3 is 5.97 Å². The number of hydrogen-bond acceptors (Lipinski definition) is 3. The van der Waals surface area contributed by atoms with Gasteiger partial charge in [-0.3, -0.25) is 9.59 Å². The minimum absolute atomic E-state index is 0.0517. The van der Waals surface area contributed by atoms with Crippen molar-refractivity contribution >= 4 is 22.6 Å². The van der Waals surface area contributed by atoms with Gasteiger partial charge in [0.2, 0.25) is 5.91 Å². The van der Waals surface area contributed by atoms with Crippen LogP contribution < -0.4 is 5.32 Å². The molecule has 1 amide bonds. The summed E-state index contributed by atoms with van der Waals surface area (Å²) in [6.07, 6.45) is 2.41. The Morgan fingerprint density at radius 3 is 2.56 bits per heavy atom. The Labute approximate surface area is 160 Å². The number of fused-ring (bicyclic) bond motifs is 1. The first kappa shape index (κ1) is 19.4. The first-order valence-electron chi connectivity index (χ1n) is 9.78. The van der Waals surface area contributed by atoms with E-state index < -0.39 is 12.0 Å². The molecule has 0 saturated carbocycles. The van der Waals surface area contributed by atoms with Crippen LogP contribution in [0.3, 0.4) is 0 Å². The quantitative estimate of drug-likeness (QED) is 0.783. The summed E-state index contributed by atoms with van der Waals surface area (Å²) in [5, 5.41) is 14.4. The molecule has 5 nitrogen and oxygen atoms in total. The molecule has 1 unspecified atom stereocenters. The molecular weight excluding hydrogens is 340 g/mol. The number of rotatable bonds is 7. The standard InChI is InChI=1S/C22H28N2O3/c1-2-24-12-10-16(11-13-24)14-21(25)23-20(15-22(26)27)19-9-5-7-17-6-3-4-8-18(17)19/h3-9,16,20H,2,10-15H2,1H3,(H,23,25)(H,26,27). The molecule has 1 heterocycles. The molecule has 1 fully saturated rings. The van der Waals surface area contributed by atoms with E-state index in [1.165, 1.54) is 0 Å². The lowest BCUT2D eigenvalue weighted by atomic mass is 9.92. The Morgan fingerprint density at radius 1 is 1.15 bits per heavy atom. The fourth-order valence-corrected chi connectivity index (χ4v) is 3.99. The molecule has 1 atom stereocenters. The summed E-state index contributed by atoms with van der Waals surface area (Å²) < 4.78 is 0. The number of piperidine rings is 1. The van der Waals surface area contributed by atoms with Crippen LogP contribution in [-0.2, 0) is 9.59 Å². The van der Waals surface area contributed by atoms with E-state index in [0.29, 0.717) is 12.3 Å². The van der Waals surface area contributed by atoms with E-state index in [9.17, 15) is 14.7 Å². The summed E-state index contributed by atoms with van der Waals surface area (Å²) >= 11 is 0. The third-order valence-electron chi connectivity index (χ3n) is 5.54. The summed E-state index contributed by atoms with van der Waals surface area (Å²) in [5.41, 5.74) is 0.865. The van der Waals surface area contributed by atoms with Gasteiger partial charge < -0.3 is 15.3 Å². The van der Waals surface area contributed by atoms with Gasteiger partial charge in [-0.1, -0.05) is 49.4 Å². The highest BCUT2D eigenvalue weighted by molar-refractivity contribution is 5.87. The zero-order valence-corrected chi connectivity index (χ0v) is 15.9. The van der Waals surface area contributed by atoms with Crippen LogP contribution in [-0.4, -0.2) is 41.5 Å². The molecule has 2 N–H and O–H groups in total. The monoisotopic (exact) mass is 368 g/mol. The molecule has 27 heavy (non-hydrogen) atoms. The van der Waals surface area contributed by atoms with E-state index in [1.807, 2.05) is 42.5 Å². The molecule has 1 aliphatic heterocycles. The molecule has 2 aromatic rings. The first-order chi connectivity index (χ1) is 13.1. The normalized spacial score (nSPS) is 16.9. The highest BCUT2D eigenvalue weighted by atomic mass is 16.4. The predicted molar refractivity (Wildman–Crippen MR) is 107 cm³/mol. The summed E-state index contributed by atoms with van der Waals surface area (Å²) in [7, 11) is 0. The molecular formula is C22H28N2O3. The predicted octanol–water partition coefficient (Wildman–Crippen LogP) is 3.59. The Hall–Kier alpha value is -2.40. The molecule has 0 aliphatic carbocycles. The van der Waals surface area contributed by atoms with Crippen LogP contribution in [0, 0.1) is 5.92 Å². The highest BCUT2D eigenvalue weighted by Crippen LogP contribution is 2.27. The van der Waals surface area contributed by atoms with Crippen molar-refractivity contribution in [3.8, 4) is 0 Å². The van der Waals surface area contributed by atoms with Gasteiger partial charge in [0.1, 0.15) is 0 Å². The lowest BCUT2D eigenvalue weighted by Gasteiger charge is -2.31. The van der Waals surface area contributed by atoms with Crippen LogP contribution in [0.4, 0.5) is 0 Å². The maximum Gasteiger partial charge on any atom is 0.305 e. The number of hydrogen-bond donors (Lipinski definition) is 2. The summed E-state index contributed by atoms with van der Waals surface area (Å²) in [5.74, 6) is -0.584. The van der Waals surface area contributed by atoms with Gasteiger partial charge in [0.25, 0.3) is 0 Å². The Morgan fingerprint density at radius 2 is 1.85 bits per heavy atom. The number of likely N-dealkylation sites (tertiary alicyclic amines) is 1. The van der Waals surface area contributed by atoms with Gasteiger partial charge in [-0.25, -0.2) is 0 Å². The Kier molecular flexibility index (Phi) is 6.45.